The van der Waals surface area contributed by atoms with E-state index in [-0.39, 0.29) is 11.9 Å². The Balaban J connectivity index is 1.93. The lowest BCUT2D eigenvalue weighted by Gasteiger charge is -2.30. The Kier molecular flexibility index (Phi) is 5.84. The Morgan fingerprint density at radius 1 is 1.07 bits per heavy atom. The molecule has 0 saturated heterocycles. The number of aryl methyl sites for hydroxylation is 2. The van der Waals surface area contributed by atoms with Crippen molar-refractivity contribution in [1.29, 1.82) is 0 Å². The summed E-state index contributed by atoms with van der Waals surface area (Å²) in [5.41, 5.74) is 6.71. The van der Waals surface area contributed by atoms with Gasteiger partial charge < -0.3 is 16.0 Å². The second-order valence-electron chi connectivity index (χ2n) is 7.66. The minimum atomic E-state index is -0.291. The van der Waals surface area contributed by atoms with E-state index in [4.69, 9.17) is 12.2 Å². The number of amides is 1. The van der Waals surface area contributed by atoms with Gasteiger partial charge in [-0.15, -0.1) is 0 Å². The maximum absolute atomic E-state index is 13.2. The zero-order chi connectivity index (χ0) is 20.4. The van der Waals surface area contributed by atoms with Gasteiger partial charge in [-0.2, -0.15) is 0 Å². The lowest BCUT2D eigenvalue weighted by atomic mass is 9.92. The molecule has 0 bridgehead atoms. The van der Waals surface area contributed by atoms with Crippen molar-refractivity contribution in [2.45, 2.75) is 46.6 Å². The van der Waals surface area contributed by atoms with Gasteiger partial charge in [0.15, 0.2) is 5.11 Å². The highest BCUT2D eigenvalue weighted by Gasteiger charge is 2.30. The van der Waals surface area contributed by atoms with Crippen LogP contribution in [0.25, 0.3) is 0 Å². The Morgan fingerprint density at radius 3 is 2.36 bits per heavy atom. The van der Waals surface area contributed by atoms with E-state index in [0.717, 1.165) is 22.5 Å². The maximum atomic E-state index is 13.2. The van der Waals surface area contributed by atoms with Crippen LogP contribution in [0, 0.1) is 13.8 Å². The van der Waals surface area contributed by atoms with E-state index in [9.17, 15) is 4.79 Å². The summed E-state index contributed by atoms with van der Waals surface area (Å²) in [5.74, 6) is 0.325. The second-order valence-corrected chi connectivity index (χ2v) is 8.07. The van der Waals surface area contributed by atoms with Crippen molar-refractivity contribution in [2.75, 3.05) is 5.32 Å². The molecular weight excluding hydrogens is 366 g/mol. The normalized spacial score (nSPS) is 16.6. The van der Waals surface area contributed by atoms with Crippen molar-refractivity contribution in [3.8, 4) is 0 Å². The van der Waals surface area contributed by atoms with Gasteiger partial charge >= 0.3 is 0 Å². The van der Waals surface area contributed by atoms with Crippen LogP contribution in [0.2, 0.25) is 0 Å². The van der Waals surface area contributed by atoms with Crippen molar-refractivity contribution < 1.29 is 4.79 Å². The summed E-state index contributed by atoms with van der Waals surface area (Å²) in [7, 11) is 0. The largest absolute Gasteiger partial charge is 0.351 e. The van der Waals surface area contributed by atoms with Crippen molar-refractivity contribution in [3.63, 3.8) is 0 Å². The van der Waals surface area contributed by atoms with Crippen molar-refractivity contribution >= 4 is 28.9 Å². The molecule has 5 heteroatoms. The van der Waals surface area contributed by atoms with Crippen LogP contribution in [-0.2, 0) is 4.79 Å². The molecule has 4 nitrogen and oxygen atoms in total. The molecule has 3 N–H and O–H groups in total. The fourth-order valence-corrected chi connectivity index (χ4v) is 3.73. The lowest BCUT2D eigenvalue weighted by Crippen LogP contribution is -2.45. The van der Waals surface area contributed by atoms with E-state index in [1.54, 1.807) is 0 Å². The molecule has 0 unspecified atom stereocenters. The molecule has 1 amide bonds. The summed E-state index contributed by atoms with van der Waals surface area (Å²) in [5, 5.41) is 9.93. The van der Waals surface area contributed by atoms with Gasteiger partial charge in [-0.1, -0.05) is 55.8 Å². The monoisotopic (exact) mass is 393 g/mol. The third-order valence-corrected chi connectivity index (χ3v) is 5.30. The van der Waals surface area contributed by atoms with Crippen LogP contribution >= 0.6 is 12.2 Å². The molecule has 0 aromatic heterocycles. The van der Waals surface area contributed by atoms with Gasteiger partial charge in [-0.3, -0.25) is 4.79 Å². The van der Waals surface area contributed by atoms with E-state index in [0.29, 0.717) is 16.6 Å². The predicted molar refractivity (Wildman–Crippen MR) is 119 cm³/mol. The van der Waals surface area contributed by atoms with E-state index < -0.39 is 0 Å². The predicted octanol–water partition coefficient (Wildman–Crippen LogP) is 4.86. The highest BCUT2D eigenvalue weighted by molar-refractivity contribution is 7.80. The molecule has 2 aromatic rings. The fraction of sp³-hybridized carbons (Fsp3) is 0.304. The van der Waals surface area contributed by atoms with Crippen LogP contribution in [0.1, 0.15) is 55.0 Å². The molecule has 146 valence electrons. The molecule has 0 aliphatic carbocycles. The lowest BCUT2D eigenvalue weighted by molar-refractivity contribution is -0.113. The topological polar surface area (TPSA) is 53.2 Å². The molecule has 1 atom stereocenters. The van der Waals surface area contributed by atoms with E-state index in [1.165, 1.54) is 11.1 Å². The van der Waals surface area contributed by atoms with Crippen LogP contribution in [-0.4, -0.2) is 11.0 Å². The molecule has 3 rings (SSSR count). The number of benzene rings is 2. The third kappa shape index (κ3) is 4.25. The molecule has 1 aliphatic heterocycles. The van der Waals surface area contributed by atoms with Crippen LogP contribution in [0.5, 0.6) is 0 Å². The van der Waals surface area contributed by atoms with Crippen LogP contribution < -0.4 is 16.0 Å². The third-order valence-electron chi connectivity index (χ3n) is 5.08. The average Bonchev–Trinajstić information content (AvgIpc) is 2.63. The molecule has 0 fully saturated rings. The number of allylic oxidation sites excluding steroid dienone is 1. The zero-order valence-corrected chi connectivity index (χ0v) is 17.8. The average molecular weight is 394 g/mol. The summed E-state index contributed by atoms with van der Waals surface area (Å²) in [6.45, 7) is 10.3. The number of hydrogen-bond donors (Lipinski definition) is 3. The van der Waals surface area contributed by atoms with E-state index in [1.807, 2.05) is 32.9 Å². The first kappa shape index (κ1) is 20.1. The summed E-state index contributed by atoms with van der Waals surface area (Å²) in [4.78, 5) is 13.2. The first-order valence-corrected chi connectivity index (χ1v) is 9.94. The molecule has 1 heterocycles. The molecule has 0 saturated carbocycles. The zero-order valence-electron chi connectivity index (χ0n) is 17.0. The Labute approximate surface area is 172 Å². The first-order valence-electron chi connectivity index (χ1n) is 9.53. The number of carbonyl (C=O) groups is 1. The van der Waals surface area contributed by atoms with Gasteiger partial charge in [0.1, 0.15) is 0 Å². The van der Waals surface area contributed by atoms with Crippen molar-refractivity contribution in [2.24, 2.45) is 0 Å². The molecule has 28 heavy (non-hydrogen) atoms. The molecule has 0 radical (unpaired) electrons. The van der Waals surface area contributed by atoms with Crippen LogP contribution in [0.15, 0.2) is 53.7 Å². The number of hydrogen-bond acceptors (Lipinski definition) is 2. The van der Waals surface area contributed by atoms with Gasteiger partial charge in [0.2, 0.25) is 0 Å². The SMILES string of the molecule is CC1=C(C(=O)Nc2ccc(C)cc2C)[C@H](c2ccc(C(C)C)cc2)NC(=S)N1. The molecule has 1 aliphatic rings. The molecule has 0 spiro atoms. The number of anilines is 1. The van der Waals surface area contributed by atoms with Gasteiger partial charge in [0.05, 0.1) is 11.6 Å². The minimum Gasteiger partial charge on any atom is -0.351 e. The Bertz CT molecular complexity index is 945. The Hall–Kier alpha value is -2.66. The smallest absolute Gasteiger partial charge is 0.255 e. The van der Waals surface area contributed by atoms with Crippen molar-refractivity contribution in [1.82, 2.24) is 10.6 Å². The summed E-state index contributed by atoms with van der Waals surface area (Å²) in [6.07, 6.45) is 0. The minimum absolute atomic E-state index is 0.134. The number of nitrogens with one attached hydrogen (secondary N) is 3. The van der Waals surface area contributed by atoms with Gasteiger partial charge in [0.25, 0.3) is 5.91 Å². The van der Waals surface area contributed by atoms with Gasteiger partial charge in [-0.05, 0) is 61.7 Å². The standard InChI is InChI=1S/C23H27N3OS/c1-13(2)17-7-9-18(10-8-17)21-20(16(5)24-23(28)26-21)22(27)25-19-11-6-14(3)12-15(19)4/h6-13,21H,1-5H3,(H,25,27)(H2,24,26,28)/t21-/m0/s1. The quantitative estimate of drug-likeness (QED) is 0.650. The fourth-order valence-electron chi connectivity index (χ4n) is 3.46. The number of thiocarbonyl (C=S) groups is 1. The molecule has 2 aromatic carbocycles. The first-order chi connectivity index (χ1) is 13.3. The molecular formula is C23H27N3OS. The highest BCUT2D eigenvalue weighted by atomic mass is 32.1. The second kappa shape index (κ2) is 8.15. The summed E-state index contributed by atoms with van der Waals surface area (Å²) < 4.78 is 0. The maximum Gasteiger partial charge on any atom is 0.255 e. The van der Waals surface area contributed by atoms with Gasteiger partial charge in [-0.25, -0.2) is 0 Å². The Morgan fingerprint density at radius 2 is 1.75 bits per heavy atom. The summed E-state index contributed by atoms with van der Waals surface area (Å²) >= 11 is 5.34. The van der Waals surface area contributed by atoms with Crippen LogP contribution in [0.3, 0.4) is 0 Å². The van der Waals surface area contributed by atoms with Crippen LogP contribution in [0.4, 0.5) is 5.69 Å². The van der Waals surface area contributed by atoms with E-state index >= 15 is 0 Å². The number of carbonyl (C=O) groups excluding carboxylic acids is 1. The van der Waals surface area contributed by atoms with E-state index in [2.05, 4.69) is 60.1 Å². The highest BCUT2D eigenvalue weighted by Crippen LogP contribution is 2.29. The van der Waals surface area contributed by atoms with Gasteiger partial charge in [0, 0.05) is 11.4 Å². The number of rotatable bonds is 4. The summed E-state index contributed by atoms with van der Waals surface area (Å²) in [6, 6.07) is 14.1. The van der Waals surface area contributed by atoms with Crippen molar-refractivity contribution in [3.05, 3.63) is 76.0 Å².